The Balaban J connectivity index is 1.60. The lowest BCUT2D eigenvalue weighted by Gasteiger charge is -2.28. The summed E-state index contributed by atoms with van der Waals surface area (Å²) in [6.45, 7) is 12.8. The second-order valence-corrected chi connectivity index (χ2v) is 12.3. The molecule has 0 bridgehead atoms. The Morgan fingerprint density at radius 3 is 2.08 bits per heavy atom. The quantitative estimate of drug-likeness (QED) is 0.213. The van der Waals surface area contributed by atoms with Gasteiger partial charge in [-0.25, -0.2) is 4.98 Å². The maximum atomic E-state index is 13.0. The van der Waals surface area contributed by atoms with E-state index in [0.29, 0.717) is 30.8 Å². The van der Waals surface area contributed by atoms with Crippen molar-refractivity contribution in [1.29, 1.82) is 0 Å². The van der Waals surface area contributed by atoms with E-state index >= 15 is 0 Å². The number of methoxy groups -OCH3 is 1. The highest BCUT2D eigenvalue weighted by molar-refractivity contribution is 14.1. The lowest BCUT2D eigenvalue weighted by Crippen LogP contribution is -2.30. The summed E-state index contributed by atoms with van der Waals surface area (Å²) in [4.78, 5) is 29.8. The minimum absolute atomic E-state index is 0.198. The van der Waals surface area contributed by atoms with Gasteiger partial charge in [-0.1, -0.05) is 41.5 Å². The Morgan fingerprint density at radius 2 is 1.55 bits per heavy atom. The first-order valence-electron chi connectivity index (χ1n) is 12.5. The van der Waals surface area contributed by atoms with Crippen molar-refractivity contribution in [1.82, 2.24) is 15.6 Å². The molecule has 0 saturated heterocycles. The second kappa shape index (κ2) is 11.8. The van der Waals surface area contributed by atoms with Gasteiger partial charge in [-0.3, -0.25) is 9.59 Å². The van der Waals surface area contributed by atoms with Crippen LogP contribution in [-0.4, -0.2) is 42.1 Å². The number of nitrogens with one attached hydrogen (secondary N) is 2. The summed E-state index contributed by atoms with van der Waals surface area (Å²) in [6, 6.07) is 9.01. The number of hydrogen-bond acceptors (Lipinski definition) is 6. The molecule has 2 amide bonds. The first-order chi connectivity index (χ1) is 17.7. The number of nitrogens with zero attached hydrogens (tertiary/aromatic N) is 1. The van der Waals surface area contributed by atoms with Crippen LogP contribution in [0.1, 0.15) is 79.9 Å². The maximum Gasteiger partial charge on any atom is 0.273 e. The van der Waals surface area contributed by atoms with E-state index in [9.17, 15) is 14.7 Å². The van der Waals surface area contributed by atoms with Crippen molar-refractivity contribution >= 4 is 34.4 Å². The van der Waals surface area contributed by atoms with E-state index in [0.717, 1.165) is 26.0 Å². The van der Waals surface area contributed by atoms with Crippen LogP contribution < -0.4 is 15.4 Å². The molecular weight excluding hydrogens is 597 g/mol. The molecule has 0 saturated carbocycles. The predicted octanol–water partition coefficient (Wildman–Crippen LogP) is 5.81. The number of phenolic OH excluding ortho intramolecular Hbond substituents is 1. The van der Waals surface area contributed by atoms with Gasteiger partial charge in [-0.15, -0.1) is 0 Å². The highest BCUT2D eigenvalue weighted by Crippen LogP contribution is 2.39. The fraction of sp³-hybridized carbons (Fsp3) is 0.414. The fourth-order valence-corrected chi connectivity index (χ4v) is 4.74. The number of carbonyl (C=O) groups excluding carboxylic acids is 2. The number of rotatable bonds is 8. The van der Waals surface area contributed by atoms with Gasteiger partial charge in [-0.2, -0.15) is 0 Å². The number of phenols is 1. The first-order valence-corrected chi connectivity index (χ1v) is 13.5. The lowest BCUT2D eigenvalue weighted by molar-refractivity contribution is 0.0948. The highest BCUT2D eigenvalue weighted by Gasteiger charge is 2.28. The van der Waals surface area contributed by atoms with E-state index in [2.05, 4.69) is 38.2 Å². The normalized spacial score (nSPS) is 11.8. The Bertz CT molecular complexity index is 1280. The van der Waals surface area contributed by atoms with Crippen LogP contribution in [0.25, 0.3) is 11.3 Å². The maximum absolute atomic E-state index is 13.0. The van der Waals surface area contributed by atoms with Gasteiger partial charge >= 0.3 is 0 Å². The van der Waals surface area contributed by atoms with Crippen LogP contribution in [0, 0.1) is 3.57 Å². The molecule has 2 aromatic carbocycles. The van der Waals surface area contributed by atoms with Crippen LogP contribution in [0.5, 0.6) is 11.5 Å². The Kier molecular flexibility index (Phi) is 9.12. The molecule has 8 nitrogen and oxygen atoms in total. The molecule has 0 aliphatic heterocycles. The molecular formula is C29H36IN3O5. The van der Waals surface area contributed by atoms with Crippen molar-refractivity contribution in [2.45, 2.75) is 58.8 Å². The Morgan fingerprint density at radius 1 is 0.974 bits per heavy atom. The second-order valence-electron chi connectivity index (χ2n) is 11.2. The SMILES string of the molecule is COc1ccc(-c2ocnc2C(=O)NCCCNC(=O)c2cc(C(C)(C)C)c(O)c(C(C)(C)C)c2)cc1I. The number of halogens is 1. The lowest BCUT2D eigenvalue weighted by atomic mass is 9.78. The van der Waals surface area contributed by atoms with Crippen LogP contribution in [0.2, 0.25) is 0 Å². The summed E-state index contributed by atoms with van der Waals surface area (Å²) in [7, 11) is 1.60. The summed E-state index contributed by atoms with van der Waals surface area (Å²) in [6.07, 6.45) is 1.78. The van der Waals surface area contributed by atoms with Gasteiger partial charge in [0.15, 0.2) is 17.8 Å². The molecule has 0 fully saturated rings. The predicted molar refractivity (Wildman–Crippen MR) is 156 cm³/mol. The van der Waals surface area contributed by atoms with Crippen molar-refractivity contribution in [3.8, 4) is 22.8 Å². The number of aromatic hydroxyl groups is 1. The molecule has 204 valence electrons. The summed E-state index contributed by atoms with van der Waals surface area (Å²) >= 11 is 2.16. The Hall–Kier alpha value is -3.08. The van der Waals surface area contributed by atoms with E-state index in [-0.39, 0.29) is 34.1 Å². The fourth-order valence-electron chi connectivity index (χ4n) is 4.01. The van der Waals surface area contributed by atoms with Crippen molar-refractivity contribution in [3.63, 3.8) is 0 Å². The molecule has 0 aliphatic rings. The van der Waals surface area contributed by atoms with Crippen molar-refractivity contribution < 1.29 is 23.8 Å². The van der Waals surface area contributed by atoms with E-state index < -0.39 is 0 Å². The first kappa shape index (κ1) is 29.5. The third-order valence-corrected chi connectivity index (χ3v) is 6.95. The largest absolute Gasteiger partial charge is 0.507 e. The average molecular weight is 634 g/mol. The summed E-state index contributed by atoms with van der Waals surface area (Å²) < 4.78 is 11.7. The smallest absolute Gasteiger partial charge is 0.273 e. The van der Waals surface area contributed by atoms with Crippen molar-refractivity contribution in [3.05, 3.63) is 62.7 Å². The van der Waals surface area contributed by atoms with Crippen LogP contribution in [0.3, 0.4) is 0 Å². The molecule has 3 aromatic rings. The number of amides is 2. The number of oxazole rings is 1. The summed E-state index contributed by atoms with van der Waals surface area (Å²) in [5, 5.41) is 16.6. The highest BCUT2D eigenvalue weighted by atomic mass is 127. The topological polar surface area (TPSA) is 114 Å². The van der Waals surface area contributed by atoms with E-state index in [4.69, 9.17) is 9.15 Å². The van der Waals surface area contributed by atoms with Crippen LogP contribution in [-0.2, 0) is 10.8 Å². The van der Waals surface area contributed by atoms with Gasteiger partial charge < -0.3 is 24.9 Å². The molecule has 38 heavy (non-hydrogen) atoms. The molecule has 1 aromatic heterocycles. The number of ether oxygens (including phenoxy) is 1. The molecule has 0 spiro atoms. The van der Waals surface area contributed by atoms with E-state index in [1.807, 2.05) is 59.7 Å². The van der Waals surface area contributed by atoms with E-state index in [1.165, 1.54) is 6.39 Å². The minimum atomic E-state index is -0.353. The third-order valence-electron chi connectivity index (χ3n) is 6.11. The molecule has 3 N–H and O–H groups in total. The van der Waals surface area contributed by atoms with Crippen LogP contribution >= 0.6 is 22.6 Å². The van der Waals surface area contributed by atoms with Crippen molar-refractivity contribution in [2.24, 2.45) is 0 Å². The van der Waals surface area contributed by atoms with Gasteiger partial charge in [0.25, 0.3) is 11.8 Å². The van der Waals surface area contributed by atoms with Gasteiger partial charge in [-0.05, 0) is 70.2 Å². The molecule has 9 heteroatoms. The van der Waals surface area contributed by atoms with Gasteiger partial charge in [0.05, 0.1) is 10.7 Å². The standard InChI is InChI=1S/C29H36IN3O5/c1-28(2,3)19-13-18(14-20(24(19)34)29(4,5)6)26(35)31-11-8-12-32-27(36)23-25(38-16-33-23)17-9-10-22(37-7)21(30)15-17/h9-10,13-16,34H,8,11-12H2,1-7H3,(H,31,35)(H,32,36). The van der Waals surface area contributed by atoms with Gasteiger partial charge in [0.2, 0.25) is 0 Å². The molecule has 0 unspecified atom stereocenters. The molecule has 0 radical (unpaired) electrons. The van der Waals surface area contributed by atoms with Gasteiger partial charge in [0, 0.05) is 35.3 Å². The summed E-state index contributed by atoms with van der Waals surface area (Å²) in [5.74, 6) is 0.779. The van der Waals surface area contributed by atoms with Crippen LogP contribution in [0.15, 0.2) is 41.1 Å². The monoisotopic (exact) mass is 633 g/mol. The number of benzene rings is 2. The zero-order valence-electron chi connectivity index (χ0n) is 23.0. The number of carbonyl (C=O) groups is 2. The number of hydrogen-bond donors (Lipinski definition) is 3. The van der Waals surface area contributed by atoms with Crippen LogP contribution in [0.4, 0.5) is 0 Å². The van der Waals surface area contributed by atoms with Gasteiger partial charge in [0.1, 0.15) is 11.5 Å². The third kappa shape index (κ3) is 6.86. The minimum Gasteiger partial charge on any atom is -0.507 e. The molecule has 0 atom stereocenters. The van der Waals surface area contributed by atoms with Crippen molar-refractivity contribution in [2.75, 3.05) is 20.2 Å². The molecule has 3 rings (SSSR count). The zero-order chi connectivity index (χ0) is 28.3. The average Bonchev–Trinajstić information content (AvgIpc) is 3.32. The molecule has 1 heterocycles. The zero-order valence-corrected chi connectivity index (χ0v) is 25.1. The number of aromatic nitrogens is 1. The Labute approximate surface area is 237 Å². The van der Waals surface area contributed by atoms with E-state index in [1.54, 1.807) is 19.2 Å². The summed E-state index contributed by atoms with van der Waals surface area (Å²) in [5.41, 5.74) is 2.24. The molecule has 0 aliphatic carbocycles.